The number of para-hydroxylation sites is 1. The van der Waals surface area contributed by atoms with Gasteiger partial charge in [0.1, 0.15) is 13.2 Å². The second kappa shape index (κ2) is 11.3. The van der Waals surface area contributed by atoms with Gasteiger partial charge in [0.2, 0.25) is 5.91 Å². The van der Waals surface area contributed by atoms with Crippen LogP contribution in [-0.4, -0.2) is 69.1 Å². The van der Waals surface area contributed by atoms with Crippen molar-refractivity contribution in [3.05, 3.63) is 30.1 Å². The molecule has 0 unspecified atom stereocenters. The molecule has 1 rings (SSSR count). The van der Waals surface area contributed by atoms with E-state index in [1.807, 2.05) is 11.9 Å². The van der Waals surface area contributed by atoms with Crippen LogP contribution in [0.4, 0.5) is 4.39 Å². The quantitative estimate of drug-likeness (QED) is 0.419. The molecule has 0 aliphatic carbocycles. The third-order valence-electron chi connectivity index (χ3n) is 3.56. The summed E-state index contributed by atoms with van der Waals surface area (Å²) >= 11 is 0. The van der Waals surface area contributed by atoms with Crippen molar-refractivity contribution in [1.29, 1.82) is 0 Å². The maximum absolute atomic E-state index is 13.5. The number of rotatable bonds is 9. The van der Waals surface area contributed by atoms with Crippen LogP contribution in [0.5, 0.6) is 5.75 Å². The lowest BCUT2D eigenvalue weighted by atomic mass is 10.3. The normalized spacial score (nSPS) is 11.2. The average molecular weight is 352 g/mol. The standard InChI is InChI=1S/C18H29FN4O2/c1-5-6-11-20-18(21-14-17(24)22(2)3)23(4)12-13-25-16-10-8-7-9-15(16)19/h7-10H,5-6,11-14H2,1-4H3,(H,20,21). The minimum Gasteiger partial charge on any atom is -0.489 e. The Hall–Kier alpha value is -2.31. The van der Waals surface area contributed by atoms with Gasteiger partial charge in [-0.05, 0) is 18.6 Å². The third kappa shape index (κ3) is 7.87. The number of halogens is 1. The number of nitrogens with one attached hydrogen (secondary N) is 1. The van der Waals surface area contributed by atoms with E-state index >= 15 is 0 Å². The van der Waals surface area contributed by atoms with E-state index < -0.39 is 0 Å². The van der Waals surface area contributed by atoms with Crippen LogP contribution in [0.2, 0.25) is 0 Å². The topological polar surface area (TPSA) is 57.2 Å². The zero-order chi connectivity index (χ0) is 18.7. The van der Waals surface area contributed by atoms with Gasteiger partial charge in [-0.3, -0.25) is 4.79 Å². The molecule has 0 fully saturated rings. The van der Waals surface area contributed by atoms with Crippen LogP contribution in [0.25, 0.3) is 0 Å². The molecule has 0 saturated heterocycles. The molecule has 0 radical (unpaired) electrons. The minimum absolute atomic E-state index is 0.0641. The average Bonchev–Trinajstić information content (AvgIpc) is 2.59. The van der Waals surface area contributed by atoms with Crippen molar-refractivity contribution in [3.63, 3.8) is 0 Å². The number of carbonyl (C=O) groups excluding carboxylic acids is 1. The monoisotopic (exact) mass is 352 g/mol. The molecule has 6 nitrogen and oxygen atoms in total. The fraction of sp³-hybridized carbons (Fsp3) is 0.556. The summed E-state index contributed by atoms with van der Waals surface area (Å²) in [6, 6.07) is 6.32. The molecule has 25 heavy (non-hydrogen) atoms. The Morgan fingerprint density at radius 3 is 2.64 bits per heavy atom. The number of unbranched alkanes of at least 4 members (excludes halogenated alkanes) is 1. The van der Waals surface area contributed by atoms with E-state index in [1.54, 1.807) is 32.3 Å². The van der Waals surface area contributed by atoms with Crippen molar-refractivity contribution >= 4 is 11.9 Å². The lowest BCUT2D eigenvalue weighted by molar-refractivity contribution is -0.127. The summed E-state index contributed by atoms with van der Waals surface area (Å²) in [4.78, 5) is 19.5. The number of hydrogen-bond acceptors (Lipinski definition) is 3. The summed E-state index contributed by atoms with van der Waals surface area (Å²) in [5.74, 6) is 0.430. The zero-order valence-corrected chi connectivity index (χ0v) is 15.6. The zero-order valence-electron chi connectivity index (χ0n) is 15.6. The molecule has 0 spiro atoms. The van der Waals surface area contributed by atoms with Gasteiger partial charge in [0.15, 0.2) is 17.5 Å². The molecule has 0 aromatic heterocycles. The highest BCUT2D eigenvalue weighted by atomic mass is 19.1. The van der Waals surface area contributed by atoms with Crippen LogP contribution in [0.1, 0.15) is 19.8 Å². The van der Waals surface area contributed by atoms with Crippen LogP contribution in [0.3, 0.4) is 0 Å². The maximum Gasteiger partial charge on any atom is 0.243 e. The Balaban J connectivity index is 2.58. The minimum atomic E-state index is -0.378. The first kappa shape index (κ1) is 20.7. The van der Waals surface area contributed by atoms with Crippen molar-refractivity contribution in [3.8, 4) is 5.75 Å². The number of guanidine groups is 1. The second-order valence-corrected chi connectivity index (χ2v) is 5.91. The fourth-order valence-corrected chi connectivity index (χ4v) is 1.93. The van der Waals surface area contributed by atoms with Crippen molar-refractivity contribution < 1.29 is 13.9 Å². The fourth-order valence-electron chi connectivity index (χ4n) is 1.93. The first-order valence-electron chi connectivity index (χ1n) is 8.52. The van der Waals surface area contributed by atoms with Crippen LogP contribution < -0.4 is 10.1 Å². The SMILES string of the molecule is CCCCNC(=NCC(=O)N(C)C)N(C)CCOc1ccccc1F. The van der Waals surface area contributed by atoms with Crippen LogP contribution in [-0.2, 0) is 4.79 Å². The number of aliphatic imine (C=N–C) groups is 1. The van der Waals surface area contributed by atoms with E-state index in [-0.39, 0.29) is 24.0 Å². The largest absolute Gasteiger partial charge is 0.489 e. The van der Waals surface area contributed by atoms with E-state index in [1.165, 1.54) is 11.0 Å². The maximum atomic E-state index is 13.5. The second-order valence-electron chi connectivity index (χ2n) is 5.91. The highest BCUT2D eigenvalue weighted by Crippen LogP contribution is 2.14. The van der Waals surface area contributed by atoms with Crippen LogP contribution in [0, 0.1) is 5.82 Å². The van der Waals surface area contributed by atoms with E-state index in [4.69, 9.17) is 4.74 Å². The van der Waals surface area contributed by atoms with E-state index in [9.17, 15) is 9.18 Å². The number of amides is 1. The van der Waals surface area contributed by atoms with Gasteiger partial charge in [-0.25, -0.2) is 9.38 Å². The molecule has 0 aliphatic heterocycles. The lowest BCUT2D eigenvalue weighted by Gasteiger charge is -2.23. The van der Waals surface area contributed by atoms with Gasteiger partial charge in [0.25, 0.3) is 0 Å². The van der Waals surface area contributed by atoms with Crippen LogP contribution in [0.15, 0.2) is 29.3 Å². The molecular formula is C18H29FN4O2. The molecule has 1 amide bonds. The van der Waals surface area contributed by atoms with Crippen LogP contribution >= 0.6 is 0 Å². The Labute approximate surface area is 149 Å². The summed E-state index contributed by atoms with van der Waals surface area (Å²) in [6.07, 6.45) is 2.08. The van der Waals surface area contributed by atoms with Gasteiger partial charge in [-0.2, -0.15) is 0 Å². The first-order valence-corrected chi connectivity index (χ1v) is 8.52. The van der Waals surface area contributed by atoms with Crippen molar-refractivity contribution in [2.24, 2.45) is 4.99 Å². The van der Waals surface area contributed by atoms with E-state index in [2.05, 4.69) is 17.2 Å². The number of carbonyl (C=O) groups is 1. The van der Waals surface area contributed by atoms with Gasteiger partial charge < -0.3 is 19.9 Å². The summed E-state index contributed by atoms with van der Waals surface area (Å²) in [7, 11) is 5.27. The van der Waals surface area contributed by atoms with Gasteiger partial charge in [0, 0.05) is 27.7 Å². The van der Waals surface area contributed by atoms with E-state index in [0.29, 0.717) is 19.1 Å². The molecule has 7 heteroatoms. The Kier molecular flexibility index (Phi) is 9.36. The summed E-state index contributed by atoms with van der Waals surface area (Å²) < 4.78 is 19.0. The summed E-state index contributed by atoms with van der Waals surface area (Å²) in [5, 5.41) is 3.25. The van der Waals surface area contributed by atoms with Crippen molar-refractivity contribution in [2.75, 3.05) is 47.4 Å². The molecule has 0 atom stereocenters. The molecular weight excluding hydrogens is 323 g/mol. The molecule has 0 bridgehead atoms. The van der Waals surface area contributed by atoms with Gasteiger partial charge >= 0.3 is 0 Å². The molecule has 1 aromatic carbocycles. The Morgan fingerprint density at radius 2 is 2.00 bits per heavy atom. The highest BCUT2D eigenvalue weighted by molar-refractivity contribution is 5.84. The van der Waals surface area contributed by atoms with Crippen molar-refractivity contribution in [2.45, 2.75) is 19.8 Å². The molecule has 0 aliphatic rings. The van der Waals surface area contributed by atoms with Gasteiger partial charge in [-0.15, -0.1) is 0 Å². The molecule has 1 N–H and O–H groups in total. The van der Waals surface area contributed by atoms with E-state index in [0.717, 1.165) is 19.4 Å². The molecule has 1 aromatic rings. The predicted octanol–water partition coefficient (Wildman–Crippen LogP) is 1.97. The Morgan fingerprint density at radius 1 is 1.28 bits per heavy atom. The number of likely N-dealkylation sites (N-methyl/N-ethyl adjacent to an activating group) is 2. The Bertz CT molecular complexity index is 564. The highest BCUT2D eigenvalue weighted by Gasteiger charge is 2.09. The van der Waals surface area contributed by atoms with Crippen molar-refractivity contribution in [1.82, 2.24) is 15.1 Å². The predicted molar refractivity (Wildman–Crippen MR) is 98.4 cm³/mol. The third-order valence-corrected chi connectivity index (χ3v) is 3.56. The number of ether oxygens (including phenoxy) is 1. The molecule has 0 saturated carbocycles. The molecule has 140 valence electrons. The van der Waals surface area contributed by atoms with Gasteiger partial charge in [0.05, 0.1) is 6.54 Å². The first-order chi connectivity index (χ1) is 12.0. The lowest BCUT2D eigenvalue weighted by Crippen LogP contribution is -2.42. The number of nitrogens with zero attached hydrogens (tertiary/aromatic N) is 3. The number of benzene rings is 1. The summed E-state index contributed by atoms with van der Waals surface area (Å²) in [5.41, 5.74) is 0. The summed E-state index contributed by atoms with van der Waals surface area (Å²) in [6.45, 7) is 3.81. The smallest absolute Gasteiger partial charge is 0.243 e. The van der Waals surface area contributed by atoms with Gasteiger partial charge in [-0.1, -0.05) is 25.5 Å². The number of hydrogen-bond donors (Lipinski definition) is 1. The molecule has 0 heterocycles.